The number of nitrogens with one attached hydrogen (secondary N) is 2. The van der Waals surface area contributed by atoms with Crippen LogP contribution in [-0.4, -0.2) is 25.7 Å². The maximum atomic E-state index is 6.13. The Kier molecular flexibility index (Phi) is 4.89. The lowest BCUT2D eigenvalue weighted by Gasteiger charge is -2.32. The van der Waals surface area contributed by atoms with Crippen molar-refractivity contribution in [1.82, 2.24) is 10.3 Å². The molecule has 0 amide bonds. The monoisotopic (exact) mass is 418 g/mol. The molecule has 0 saturated carbocycles. The third-order valence-corrected chi connectivity index (χ3v) is 6.20. The molecule has 4 aromatic rings. The van der Waals surface area contributed by atoms with Crippen molar-refractivity contribution in [1.29, 1.82) is 0 Å². The number of benzene rings is 3. The number of ether oxygens (including phenoxy) is 2. The lowest BCUT2D eigenvalue weighted by atomic mass is 9.82. The fraction of sp³-hybridized carbons (Fsp3) is 0.200. The highest BCUT2D eigenvalue weighted by Crippen LogP contribution is 2.45. The number of hydrogen-bond acceptors (Lipinski definition) is 3. The van der Waals surface area contributed by atoms with E-state index in [4.69, 9.17) is 21.1 Å². The molecule has 1 aliphatic heterocycles. The Hall–Kier alpha value is -2.95. The molecule has 30 heavy (non-hydrogen) atoms. The highest BCUT2D eigenvalue weighted by Gasteiger charge is 2.34. The van der Waals surface area contributed by atoms with E-state index in [-0.39, 0.29) is 12.0 Å². The molecule has 0 saturated heterocycles. The number of aromatic nitrogens is 1. The van der Waals surface area contributed by atoms with E-state index in [1.54, 1.807) is 14.2 Å². The number of fused-ring (bicyclic) bond motifs is 3. The topological polar surface area (TPSA) is 46.3 Å². The number of rotatable bonds is 4. The fourth-order valence-electron chi connectivity index (χ4n) is 4.62. The molecule has 0 aliphatic carbocycles. The van der Waals surface area contributed by atoms with Gasteiger partial charge in [0.15, 0.2) is 11.5 Å². The van der Waals surface area contributed by atoms with Gasteiger partial charge in [-0.2, -0.15) is 0 Å². The van der Waals surface area contributed by atoms with Gasteiger partial charge in [-0.3, -0.25) is 0 Å². The second-order valence-electron chi connectivity index (χ2n) is 7.53. The van der Waals surface area contributed by atoms with Crippen LogP contribution < -0.4 is 14.8 Å². The summed E-state index contributed by atoms with van der Waals surface area (Å²) in [5.41, 5.74) is 5.92. The van der Waals surface area contributed by atoms with Gasteiger partial charge in [0.2, 0.25) is 0 Å². The Morgan fingerprint density at radius 2 is 1.70 bits per heavy atom. The van der Waals surface area contributed by atoms with Crippen LogP contribution >= 0.6 is 11.6 Å². The van der Waals surface area contributed by atoms with Gasteiger partial charge in [-0.15, -0.1) is 0 Å². The first-order chi connectivity index (χ1) is 14.7. The van der Waals surface area contributed by atoms with Crippen LogP contribution in [0.1, 0.15) is 34.3 Å². The molecule has 2 N–H and O–H groups in total. The smallest absolute Gasteiger partial charge is 0.164 e. The molecule has 1 aliphatic rings. The molecule has 0 bridgehead atoms. The van der Waals surface area contributed by atoms with Crippen molar-refractivity contribution in [2.45, 2.75) is 12.0 Å². The summed E-state index contributed by atoms with van der Waals surface area (Å²) in [6.07, 6.45) is 0. The Morgan fingerprint density at radius 1 is 0.900 bits per heavy atom. The van der Waals surface area contributed by atoms with Crippen molar-refractivity contribution >= 4 is 22.5 Å². The molecule has 5 rings (SSSR count). The minimum atomic E-state index is 0.0671. The molecule has 4 nitrogen and oxygen atoms in total. The van der Waals surface area contributed by atoms with Crippen molar-refractivity contribution in [2.24, 2.45) is 0 Å². The van der Waals surface area contributed by atoms with E-state index in [0.717, 1.165) is 34.1 Å². The lowest BCUT2D eigenvalue weighted by Crippen LogP contribution is -2.34. The molecule has 0 fully saturated rings. The quantitative estimate of drug-likeness (QED) is 0.449. The summed E-state index contributed by atoms with van der Waals surface area (Å²) in [7, 11) is 3.37. The Labute approximate surface area is 180 Å². The van der Waals surface area contributed by atoms with Crippen LogP contribution in [0, 0.1) is 0 Å². The summed E-state index contributed by atoms with van der Waals surface area (Å²) < 4.78 is 11.3. The largest absolute Gasteiger partial charge is 0.493 e. The second kappa shape index (κ2) is 7.71. The zero-order valence-corrected chi connectivity index (χ0v) is 17.7. The van der Waals surface area contributed by atoms with Gasteiger partial charge >= 0.3 is 0 Å². The Bertz CT molecular complexity index is 1200. The first-order valence-electron chi connectivity index (χ1n) is 10.0. The third kappa shape index (κ3) is 3.04. The number of H-pyrrole nitrogens is 1. The van der Waals surface area contributed by atoms with Gasteiger partial charge in [0.1, 0.15) is 0 Å². The van der Waals surface area contributed by atoms with Gasteiger partial charge in [-0.1, -0.05) is 54.1 Å². The van der Waals surface area contributed by atoms with E-state index in [1.807, 2.05) is 24.3 Å². The normalized spacial score (nSPS) is 18.2. The van der Waals surface area contributed by atoms with E-state index in [9.17, 15) is 0 Å². The van der Waals surface area contributed by atoms with Gasteiger partial charge in [0, 0.05) is 39.6 Å². The van der Waals surface area contributed by atoms with Crippen molar-refractivity contribution in [3.63, 3.8) is 0 Å². The summed E-state index contributed by atoms with van der Waals surface area (Å²) in [5.74, 6) is 1.66. The van der Waals surface area contributed by atoms with E-state index in [0.29, 0.717) is 0 Å². The number of hydrogen-bond donors (Lipinski definition) is 2. The van der Waals surface area contributed by atoms with E-state index < -0.39 is 0 Å². The SMILES string of the molecule is COc1cccc([C@H]2CN[C@H](c3ccc(Cl)cc3)c3[nH]c4ccccc4c32)c1OC. The minimum absolute atomic E-state index is 0.0671. The zero-order valence-electron chi connectivity index (χ0n) is 16.9. The zero-order chi connectivity index (χ0) is 20.7. The van der Waals surface area contributed by atoms with Crippen LogP contribution in [0.4, 0.5) is 0 Å². The van der Waals surface area contributed by atoms with Crippen LogP contribution in [0.15, 0.2) is 66.7 Å². The average molecular weight is 419 g/mol. The summed E-state index contributed by atoms with van der Waals surface area (Å²) >= 11 is 6.13. The molecule has 152 valence electrons. The van der Waals surface area contributed by atoms with Gasteiger partial charge < -0.3 is 19.8 Å². The van der Waals surface area contributed by atoms with Gasteiger partial charge in [-0.25, -0.2) is 0 Å². The molecular formula is C25H23ClN2O2. The molecule has 1 aromatic heterocycles. The molecular weight excluding hydrogens is 396 g/mol. The van der Waals surface area contributed by atoms with E-state index in [1.165, 1.54) is 22.2 Å². The third-order valence-electron chi connectivity index (χ3n) is 5.95. The maximum absolute atomic E-state index is 6.13. The number of methoxy groups -OCH3 is 2. The van der Waals surface area contributed by atoms with Crippen LogP contribution in [-0.2, 0) is 0 Å². The summed E-state index contributed by atoms with van der Waals surface area (Å²) in [6, 6.07) is 22.7. The maximum Gasteiger partial charge on any atom is 0.164 e. The summed E-state index contributed by atoms with van der Waals surface area (Å²) in [6.45, 7) is 0.783. The minimum Gasteiger partial charge on any atom is -0.493 e. The van der Waals surface area contributed by atoms with Crippen molar-refractivity contribution in [2.75, 3.05) is 20.8 Å². The van der Waals surface area contributed by atoms with Crippen LogP contribution in [0.5, 0.6) is 11.5 Å². The van der Waals surface area contributed by atoms with Crippen molar-refractivity contribution in [3.8, 4) is 11.5 Å². The van der Waals surface area contributed by atoms with Crippen LogP contribution in [0.3, 0.4) is 0 Å². The number of halogens is 1. The van der Waals surface area contributed by atoms with Crippen LogP contribution in [0.2, 0.25) is 5.02 Å². The molecule has 2 atom stereocenters. The first kappa shape index (κ1) is 19.0. The summed E-state index contributed by atoms with van der Waals surface area (Å²) in [5, 5.41) is 5.72. The molecule has 2 heterocycles. The van der Waals surface area contributed by atoms with Gasteiger partial charge in [-0.05, 0) is 35.4 Å². The molecule has 0 radical (unpaired) electrons. The van der Waals surface area contributed by atoms with E-state index >= 15 is 0 Å². The molecule has 0 spiro atoms. The van der Waals surface area contributed by atoms with Gasteiger partial charge in [0.05, 0.1) is 20.3 Å². The first-order valence-corrected chi connectivity index (χ1v) is 10.4. The van der Waals surface area contributed by atoms with Crippen molar-refractivity contribution in [3.05, 3.63) is 94.1 Å². The van der Waals surface area contributed by atoms with Crippen LogP contribution in [0.25, 0.3) is 10.9 Å². The highest BCUT2D eigenvalue weighted by molar-refractivity contribution is 6.30. The standard InChI is InChI=1S/C25H23ClN2O2/c1-29-21-9-5-7-17(25(21)30-2)19-14-27-23(15-10-12-16(26)13-11-15)24-22(19)18-6-3-4-8-20(18)28-24/h3-13,19,23,27-28H,14H2,1-2H3/t19-,23-/m1/s1. The Balaban J connectivity index is 1.71. The fourth-order valence-corrected chi connectivity index (χ4v) is 4.74. The predicted molar refractivity (Wildman–Crippen MR) is 121 cm³/mol. The molecule has 0 unspecified atom stereocenters. The van der Waals surface area contributed by atoms with Crippen molar-refractivity contribution < 1.29 is 9.47 Å². The average Bonchev–Trinajstić information content (AvgIpc) is 3.18. The number of para-hydroxylation sites is 2. The molecule has 5 heteroatoms. The number of aromatic amines is 1. The molecule has 3 aromatic carbocycles. The highest BCUT2D eigenvalue weighted by atomic mass is 35.5. The lowest BCUT2D eigenvalue weighted by molar-refractivity contribution is 0.349. The van der Waals surface area contributed by atoms with E-state index in [2.05, 4.69) is 52.8 Å². The summed E-state index contributed by atoms with van der Waals surface area (Å²) in [4.78, 5) is 3.68. The second-order valence-corrected chi connectivity index (χ2v) is 7.96. The Morgan fingerprint density at radius 3 is 2.47 bits per heavy atom. The van der Waals surface area contributed by atoms with Gasteiger partial charge in [0.25, 0.3) is 0 Å². The predicted octanol–water partition coefficient (Wildman–Crippen LogP) is 5.66.